The van der Waals surface area contributed by atoms with E-state index in [2.05, 4.69) is 15.5 Å². The summed E-state index contributed by atoms with van der Waals surface area (Å²) in [5.41, 5.74) is 11.9. The number of halogens is 1. The second kappa shape index (κ2) is 6.69. The van der Waals surface area contributed by atoms with E-state index >= 15 is 0 Å². The number of carbonyl (C=O) groups is 1. The quantitative estimate of drug-likeness (QED) is 0.758. The van der Waals surface area contributed by atoms with Crippen LogP contribution in [0.3, 0.4) is 0 Å². The molecule has 1 heterocycles. The van der Waals surface area contributed by atoms with Crippen molar-refractivity contribution in [3.63, 3.8) is 0 Å². The highest BCUT2D eigenvalue weighted by Gasteiger charge is 2.09. The molecule has 0 spiro atoms. The van der Waals surface area contributed by atoms with Gasteiger partial charge < -0.3 is 11.5 Å². The van der Waals surface area contributed by atoms with E-state index in [1.165, 1.54) is 11.8 Å². The number of carbonyl (C=O) groups excluding carboxylic acids is 1. The second-order valence-corrected chi connectivity index (χ2v) is 5.28. The number of primary amides is 1. The molecule has 0 saturated heterocycles. The summed E-state index contributed by atoms with van der Waals surface area (Å²) in [6.45, 7) is 1.02. The smallest absolute Gasteiger partial charge is 0.248 e. The SMILES string of the molecule is NCCn1nnnc1SCc1ccc(C(N)=O)cc1Cl. The highest BCUT2D eigenvalue weighted by atomic mass is 35.5. The van der Waals surface area contributed by atoms with Crippen molar-refractivity contribution < 1.29 is 4.79 Å². The Labute approximate surface area is 124 Å². The number of tetrazole rings is 1. The van der Waals surface area contributed by atoms with Crippen LogP contribution in [0.4, 0.5) is 0 Å². The van der Waals surface area contributed by atoms with Gasteiger partial charge in [-0.3, -0.25) is 4.79 Å². The normalized spacial score (nSPS) is 10.7. The Morgan fingerprint density at radius 2 is 2.25 bits per heavy atom. The van der Waals surface area contributed by atoms with Gasteiger partial charge in [0.05, 0.1) is 6.54 Å². The largest absolute Gasteiger partial charge is 0.366 e. The number of aromatic nitrogens is 4. The summed E-state index contributed by atoms with van der Waals surface area (Å²) in [5.74, 6) is 0.0843. The zero-order chi connectivity index (χ0) is 14.5. The number of hydrogen-bond acceptors (Lipinski definition) is 6. The highest BCUT2D eigenvalue weighted by molar-refractivity contribution is 7.98. The van der Waals surface area contributed by atoms with Gasteiger partial charge in [0, 0.05) is 22.9 Å². The first-order valence-corrected chi connectivity index (χ1v) is 7.15. The summed E-state index contributed by atoms with van der Waals surface area (Å²) < 4.78 is 1.64. The maximum atomic E-state index is 11.0. The summed E-state index contributed by atoms with van der Waals surface area (Å²) >= 11 is 7.56. The first-order valence-electron chi connectivity index (χ1n) is 5.79. The Balaban J connectivity index is 2.07. The Bertz CT molecular complexity index is 617. The summed E-state index contributed by atoms with van der Waals surface area (Å²) in [6.07, 6.45) is 0. The minimum Gasteiger partial charge on any atom is -0.366 e. The third kappa shape index (κ3) is 3.47. The predicted molar refractivity (Wildman–Crippen MR) is 76.4 cm³/mol. The van der Waals surface area contributed by atoms with E-state index < -0.39 is 5.91 Å². The van der Waals surface area contributed by atoms with Gasteiger partial charge in [0.25, 0.3) is 0 Å². The molecule has 0 aliphatic heterocycles. The fourth-order valence-corrected chi connectivity index (χ4v) is 2.76. The van der Waals surface area contributed by atoms with E-state index in [0.717, 1.165) is 5.56 Å². The molecule has 106 valence electrons. The topological polar surface area (TPSA) is 113 Å². The number of benzene rings is 1. The van der Waals surface area contributed by atoms with E-state index in [9.17, 15) is 4.79 Å². The first kappa shape index (κ1) is 14.8. The zero-order valence-electron chi connectivity index (χ0n) is 10.5. The van der Waals surface area contributed by atoms with Crippen LogP contribution < -0.4 is 11.5 Å². The highest BCUT2D eigenvalue weighted by Crippen LogP contribution is 2.25. The third-order valence-corrected chi connectivity index (χ3v) is 3.89. The number of thioether (sulfide) groups is 1. The maximum Gasteiger partial charge on any atom is 0.248 e. The Morgan fingerprint density at radius 3 is 2.90 bits per heavy atom. The van der Waals surface area contributed by atoms with Crippen LogP contribution in [0, 0.1) is 0 Å². The van der Waals surface area contributed by atoms with Crippen molar-refractivity contribution in [2.45, 2.75) is 17.5 Å². The van der Waals surface area contributed by atoms with Crippen LogP contribution in [0.25, 0.3) is 0 Å². The third-order valence-electron chi connectivity index (χ3n) is 2.53. The lowest BCUT2D eigenvalue weighted by molar-refractivity contribution is 0.100. The van der Waals surface area contributed by atoms with Crippen molar-refractivity contribution >= 4 is 29.3 Å². The molecule has 20 heavy (non-hydrogen) atoms. The van der Waals surface area contributed by atoms with Crippen LogP contribution in [0.2, 0.25) is 5.02 Å². The van der Waals surface area contributed by atoms with Crippen molar-refractivity contribution in [3.05, 3.63) is 34.3 Å². The van der Waals surface area contributed by atoms with Gasteiger partial charge in [-0.1, -0.05) is 29.4 Å². The molecule has 0 unspecified atom stereocenters. The number of nitrogens with zero attached hydrogens (tertiary/aromatic N) is 4. The zero-order valence-corrected chi connectivity index (χ0v) is 12.1. The average molecular weight is 313 g/mol. The maximum absolute atomic E-state index is 11.0. The molecule has 0 fully saturated rings. The monoisotopic (exact) mass is 312 g/mol. The van der Waals surface area contributed by atoms with E-state index in [-0.39, 0.29) is 0 Å². The van der Waals surface area contributed by atoms with Crippen LogP contribution in [-0.2, 0) is 12.3 Å². The summed E-state index contributed by atoms with van der Waals surface area (Å²) in [4.78, 5) is 11.0. The van der Waals surface area contributed by atoms with Gasteiger partial charge in [0.2, 0.25) is 11.1 Å². The van der Waals surface area contributed by atoms with Crippen molar-refractivity contribution in [2.75, 3.05) is 6.54 Å². The lowest BCUT2D eigenvalue weighted by Gasteiger charge is -2.05. The number of hydrogen-bond donors (Lipinski definition) is 2. The minimum atomic E-state index is -0.502. The van der Waals surface area contributed by atoms with E-state index in [1.807, 2.05) is 0 Å². The second-order valence-electron chi connectivity index (χ2n) is 3.93. The molecule has 2 aromatic rings. The van der Waals surface area contributed by atoms with E-state index in [0.29, 0.717) is 34.6 Å². The van der Waals surface area contributed by atoms with Gasteiger partial charge in [0.1, 0.15) is 0 Å². The van der Waals surface area contributed by atoms with Gasteiger partial charge in [-0.25, -0.2) is 4.68 Å². The Kier molecular flexibility index (Phi) is 4.94. The first-order chi connectivity index (χ1) is 9.61. The van der Waals surface area contributed by atoms with Gasteiger partial charge in [-0.05, 0) is 28.1 Å². The summed E-state index contributed by atoms with van der Waals surface area (Å²) in [5, 5.41) is 12.5. The molecule has 0 atom stereocenters. The van der Waals surface area contributed by atoms with Gasteiger partial charge in [-0.2, -0.15) is 0 Å². The standard InChI is InChI=1S/C11H13ClN6OS/c12-9-5-7(10(14)19)1-2-8(9)6-20-11-15-16-17-18(11)4-3-13/h1-2,5H,3-4,6,13H2,(H2,14,19). The van der Waals surface area contributed by atoms with Crippen molar-refractivity contribution in [1.82, 2.24) is 20.2 Å². The van der Waals surface area contributed by atoms with Crippen LogP contribution in [0.5, 0.6) is 0 Å². The molecular formula is C11H13ClN6OS. The van der Waals surface area contributed by atoms with E-state index in [4.69, 9.17) is 23.1 Å². The lowest BCUT2D eigenvalue weighted by atomic mass is 10.1. The minimum absolute atomic E-state index is 0.386. The molecule has 4 N–H and O–H groups in total. The molecule has 0 radical (unpaired) electrons. The molecule has 7 nitrogen and oxygen atoms in total. The molecule has 0 aliphatic carbocycles. The van der Waals surface area contributed by atoms with Crippen molar-refractivity contribution in [3.8, 4) is 0 Å². The molecule has 1 amide bonds. The molecule has 0 aliphatic rings. The fraction of sp³-hybridized carbons (Fsp3) is 0.273. The van der Waals surface area contributed by atoms with Crippen LogP contribution in [0.1, 0.15) is 15.9 Å². The molecular weight excluding hydrogens is 300 g/mol. The number of amides is 1. The number of nitrogens with two attached hydrogens (primary N) is 2. The van der Waals surface area contributed by atoms with Crippen LogP contribution in [0.15, 0.2) is 23.4 Å². The average Bonchev–Trinajstić information content (AvgIpc) is 2.85. The summed E-state index contributed by atoms with van der Waals surface area (Å²) in [6, 6.07) is 4.97. The molecule has 1 aromatic carbocycles. The van der Waals surface area contributed by atoms with Crippen LogP contribution in [-0.4, -0.2) is 32.7 Å². The Morgan fingerprint density at radius 1 is 1.45 bits per heavy atom. The van der Waals surface area contributed by atoms with Gasteiger partial charge >= 0.3 is 0 Å². The number of rotatable bonds is 6. The molecule has 9 heteroatoms. The van der Waals surface area contributed by atoms with Crippen molar-refractivity contribution in [1.29, 1.82) is 0 Å². The fourth-order valence-electron chi connectivity index (χ4n) is 1.52. The van der Waals surface area contributed by atoms with Gasteiger partial charge in [0.15, 0.2) is 0 Å². The van der Waals surface area contributed by atoms with Crippen molar-refractivity contribution in [2.24, 2.45) is 11.5 Å². The molecule has 1 aromatic heterocycles. The molecule has 2 rings (SSSR count). The van der Waals surface area contributed by atoms with Gasteiger partial charge in [-0.15, -0.1) is 5.10 Å². The van der Waals surface area contributed by atoms with E-state index in [1.54, 1.807) is 22.9 Å². The predicted octanol–water partition coefficient (Wildman–Crippen LogP) is 0.676. The summed E-state index contributed by atoms with van der Waals surface area (Å²) in [7, 11) is 0. The molecule has 0 bridgehead atoms. The molecule has 0 saturated carbocycles. The lowest BCUT2D eigenvalue weighted by Crippen LogP contribution is -2.12. The Hall–Kier alpha value is -1.64. The van der Waals surface area contributed by atoms with Crippen LogP contribution >= 0.6 is 23.4 Å².